The second-order valence-electron chi connectivity index (χ2n) is 10.2. The number of rotatable bonds is 8. The molecule has 212 valence electrons. The fourth-order valence-electron chi connectivity index (χ4n) is 5.04. The van der Waals surface area contributed by atoms with Crippen molar-refractivity contribution in [1.82, 2.24) is 0 Å². The molecule has 6 rings (SSSR count). The maximum absolute atomic E-state index is 13.1. The van der Waals surface area contributed by atoms with E-state index >= 15 is 0 Å². The van der Waals surface area contributed by atoms with Gasteiger partial charge in [-0.2, -0.15) is 0 Å². The lowest BCUT2D eigenvalue weighted by Crippen LogP contribution is -2.01. The molecule has 4 nitrogen and oxygen atoms in total. The summed E-state index contributed by atoms with van der Waals surface area (Å²) >= 11 is 0. The number of aryl methyl sites for hydroxylation is 1. The van der Waals surface area contributed by atoms with Crippen LogP contribution in [0.15, 0.2) is 155 Å². The second-order valence-corrected chi connectivity index (χ2v) is 12.2. The lowest BCUT2D eigenvalue weighted by atomic mass is 9.95. The monoisotopic (exact) mass is 582 g/mol. The molecule has 0 aliphatic carbocycles. The largest absolute Gasteiger partial charge is 0.496 e. The van der Waals surface area contributed by atoms with Crippen LogP contribution >= 0.6 is 0 Å². The summed E-state index contributed by atoms with van der Waals surface area (Å²) in [6, 6.07) is 46.0. The number of methoxy groups -OCH3 is 1. The van der Waals surface area contributed by atoms with Crippen LogP contribution in [0.4, 0.5) is 0 Å². The zero-order valence-corrected chi connectivity index (χ0v) is 24.7. The van der Waals surface area contributed by atoms with E-state index in [-0.39, 0.29) is 9.79 Å². The van der Waals surface area contributed by atoms with Crippen LogP contribution in [0.2, 0.25) is 0 Å². The van der Waals surface area contributed by atoms with Crippen LogP contribution in [0, 0.1) is 6.92 Å². The van der Waals surface area contributed by atoms with Crippen LogP contribution in [0.3, 0.4) is 0 Å². The SMILES string of the molecule is COc1ccc(-c2ccc(Oc3ccc(S(=O)(=O)c4ccc(C)cc4)cc3)c(-c3ccccc3)c2)cc1-c1ccccc1. The van der Waals surface area contributed by atoms with Gasteiger partial charge >= 0.3 is 0 Å². The minimum Gasteiger partial charge on any atom is -0.496 e. The molecular weight excluding hydrogens is 552 g/mol. The highest BCUT2D eigenvalue weighted by atomic mass is 32.2. The van der Waals surface area contributed by atoms with E-state index < -0.39 is 9.84 Å². The van der Waals surface area contributed by atoms with Crippen molar-refractivity contribution in [3.05, 3.63) is 151 Å². The lowest BCUT2D eigenvalue weighted by molar-refractivity contribution is 0.416. The molecule has 43 heavy (non-hydrogen) atoms. The first-order valence-corrected chi connectivity index (χ1v) is 15.4. The topological polar surface area (TPSA) is 52.6 Å². The molecule has 0 aliphatic rings. The van der Waals surface area contributed by atoms with Gasteiger partial charge in [0.25, 0.3) is 0 Å². The van der Waals surface area contributed by atoms with Gasteiger partial charge in [-0.05, 0) is 89.8 Å². The lowest BCUT2D eigenvalue weighted by Gasteiger charge is -2.15. The Bertz CT molecular complexity index is 1970. The van der Waals surface area contributed by atoms with Gasteiger partial charge in [-0.3, -0.25) is 0 Å². The predicted molar refractivity (Wildman–Crippen MR) is 172 cm³/mol. The molecule has 0 atom stereocenters. The van der Waals surface area contributed by atoms with Gasteiger partial charge in [0.2, 0.25) is 9.84 Å². The van der Waals surface area contributed by atoms with Gasteiger partial charge in [0.1, 0.15) is 17.2 Å². The van der Waals surface area contributed by atoms with Gasteiger partial charge in [0.05, 0.1) is 16.9 Å². The first-order valence-electron chi connectivity index (χ1n) is 14.0. The second kappa shape index (κ2) is 12.0. The maximum atomic E-state index is 13.1. The van der Waals surface area contributed by atoms with E-state index in [9.17, 15) is 8.42 Å². The highest BCUT2D eigenvalue weighted by molar-refractivity contribution is 7.91. The van der Waals surface area contributed by atoms with Crippen molar-refractivity contribution in [1.29, 1.82) is 0 Å². The standard InChI is InChI=1S/C38H30O4S/c1-27-13-19-33(20-14-27)43(39,40)34-21-17-32(18-22-34)42-38-24-16-31(26-36(38)29-11-7-4-8-12-29)30-15-23-37(41-2)35(25-30)28-9-5-3-6-10-28/h3-26H,1-2H3. The minimum absolute atomic E-state index is 0.219. The molecule has 6 aromatic carbocycles. The van der Waals surface area contributed by atoms with Crippen molar-refractivity contribution in [2.45, 2.75) is 16.7 Å². The highest BCUT2D eigenvalue weighted by Gasteiger charge is 2.18. The van der Waals surface area contributed by atoms with E-state index in [0.717, 1.165) is 44.7 Å². The van der Waals surface area contributed by atoms with Crippen LogP contribution in [0.5, 0.6) is 17.2 Å². The van der Waals surface area contributed by atoms with Gasteiger partial charge in [-0.15, -0.1) is 0 Å². The van der Waals surface area contributed by atoms with Crippen molar-refractivity contribution in [3.8, 4) is 50.6 Å². The van der Waals surface area contributed by atoms with Gasteiger partial charge < -0.3 is 9.47 Å². The van der Waals surface area contributed by atoms with Gasteiger partial charge in [0.15, 0.2) is 0 Å². The Morgan fingerprint density at radius 2 is 0.953 bits per heavy atom. The minimum atomic E-state index is -3.63. The molecule has 0 bridgehead atoms. The fraction of sp³-hybridized carbons (Fsp3) is 0.0526. The Morgan fingerprint density at radius 3 is 1.47 bits per heavy atom. The molecule has 0 saturated carbocycles. The van der Waals surface area contributed by atoms with Crippen molar-refractivity contribution >= 4 is 9.84 Å². The number of hydrogen-bond donors (Lipinski definition) is 0. The molecule has 0 radical (unpaired) electrons. The summed E-state index contributed by atoms with van der Waals surface area (Å²) in [6.07, 6.45) is 0. The summed E-state index contributed by atoms with van der Waals surface area (Å²) in [6.45, 7) is 1.93. The molecule has 6 aromatic rings. The Hall–Kier alpha value is -5.13. The third kappa shape index (κ3) is 5.94. The molecule has 0 saturated heterocycles. The van der Waals surface area contributed by atoms with Crippen LogP contribution < -0.4 is 9.47 Å². The summed E-state index contributed by atoms with van der Waals surface area (Å²) in [5, 5.41) is 0. The predicted octanol–water partition coefficient (Wildman–Crippen LogP) is 9.63. The quantitative estimate of drug-likeness (QED) is 0.179. The maximum Gasteiger partial charge on any atom is 0.206 e. The van der Waals surface area contributed by atoms with E-state index in [2.05, 4.69) is 30.3 Å². The molecule has 0 amide bonds. The van der Waals surface area contributed by atoms with Crippen molar-refractivity contribution in [2.24, 2.45) is 0 Å². The first-order chi connectivity index (χ1) is 20.9. The first kappa shape index (κ1) is 28.0. The van der Waals surface area contributed by atoms with E-state index in [0.29, 0.717) is 11.5 Å². The average Bonchev–Trinajstić information content (AvgIpc) is 3.06. The van der Waals surface area contributed by atoms with Crippen LogP contribution in [-0.4, -0.2) is 15.5 Å². The summed E-state index contributed by atoms with van der Waals surface area (Å²) in [5.41, 5.74) is 7.12. The normalized spacial score (nSPS) is 11.2. The van der Waals surface area contributed by atoms with Crippen LogP contribution in [0.1, 0.15) is 5.56 Å². The molecule has 0 aliphatic heterocycles. The Labute approximate surface area is 252 Å². The average molecular weight is 583 g/mol. The van der Waals surface area contributed by atoms with E-state index in [1.165, 1.54) is 0 Å². The van der Waals surface area contributed by atoms with E-state index in [1.54, 1.807) is 55.6 Å². The van der Waals surface area contributed by atoms with E-state index in [4.69, 9.17) is 9.47 Å². The molecule has 0 spiro atoms. The van der Waals surface area contributed by atoms with Crippen LogP contribution in [0.25, 0.3) is 33.4 Å². The summed E-state index contributed by atoms with van der Waals surface area (Å²) in [4.78, 5) is 0.485. The summed E-state index contributed by atoms with van der Waals surface area (Å²) < 4.78 is 38.3. The fourth-order valence-corrected chi connectivity index (χ4v) is 6.30. The number of hydrogen-bond acceptors (Lipinski definition) is 4. The number of sulfone groups is 1. The van der Waals surface area contributed by atoms with E-state index in [1.807, 2.05) is 73.7 Å². The molecule has 0 N–H and O–H groups in total. The van der Waals surface area contributed by atoms with Crippen molar-refractivity contribution in [3.63, 3.8) is 0 Å². The molecule has 0 unspecified atom stereocenters. The highest BCUT2D eigenvalue weighted by Crippen LogP contribution is 2.39. The Balaban J connectivity index is 1.35. The third-order valence-electron chi connectivity index (χ3n) is 7.38. The zero-order chi connectivity index (χ0) is 29.8. The van der Waals surface area contributed by atoms with Gasteiger partial charge in [0, 0.05) is 11.1 Å². The summed E-state index contributed by atoms with van der Waals surface area (Å²) in [5.74, 6) is 2.02. The molecule has 5 heteroatoms. The zero-order valence-electron chi connectivity index (χ0n) is 23.9. The third-order valence-corrected chi connectivity index (χ3v) is 9.16. The Kier molecular flexibility index (Phi) is 7.82. The molecule has 0 heterocycles. The molecule has 0 aromatic heterocycles. The summed E-state index contributed by atoms with van der Waals surface area (Å²) in [7, 11) is -1.94. The van der Waals surface area contributed by atoms with Crippen LogP contribution in [-0.2, 0) is 9.84 Å². The smallest absolute Gasteiger partial charge is 0.206 e. The number of benzene rings is 6. The van der Waals surface area contributed by atoms with Gasteiger partial charge in [-0.25, -0.2) is 8.42 Å². The number of ether oxygens (including phenoxy) is 2. The van der Waals surface area contributed by atoms with Crippen molar-refractivity contribution in [2.75, 3.05) is 7.11 Å². The Morgan fingerprint density at radius 1 is 0.488 bits per heavy atom. The van der Waals surface area contributed by atoms with Gasteiger partial charge in [-0.1, -0.05) is 90.5 Å². The van der Waals surface area contributed by atoms with Crippen molar-refractivity contribution < 1.29 is 17.9 Å². The molecule has 0 fully saturated rings. The molecular formula is C38H30O4S.